The van der Waals surface area contributed by atoms with Gasteiger partial charge < -0.3 is 20.0 Å². The van der Waals surface area contributed by atoms with Crippen LogP contribution in [0.4, 0.5) is 10.5 Å². The van der Waals surface area contributed by atoms with Crippen LogP contribution < -0.4 is 10.6 Å². The van der Waals surface area contributed by atoms with Gasteiger partial charge in [0.15, 0.2) is 0 Å². The number of para-hydroxylation sites is 1. The Labute approximate surface area is 171 Å². The van der Waals surface area contributed by atoms with Gasteiger partial charge >= 0.3 is 6.03 Å². The molecule has 4 rings (SSSR count). The van der Waals surface area contributed by atoms with Crippen LogP contribution in [0.25, 0.3) is 0 Å². The molecule has 7 heteroatoms. The summed E-state index contributed by atoms with van der Waals surface area (Å²) in [5.41, 5.74) is 0.931. The van der Waals surface area contributed by atoms with Gasteiger partial charge in [-0.1, -0.05) is 18.2 Å². The lowest BCUT2D eigenvalue weighted by atomic mass is 9.76. The van der Waals surface area contributed by atoms with E-state index in [4.69, 9.17) is 4.42 Å². The molecular weight excluding hydrogens is 368 g/mol. The highest BCUT2D eigenvalue weighted by Crippen LogP contribution is 2.43. The molecule has 0 bridgehead atoms. The van der Waals surface area contributed by atoms with Crippen LogP contribution in [-0.2, 0) is 11.3 Å². The zero-order valence-electron chi connectivity index (χ0n) is 16.8. The minimum atomic E-state index is -0.130. The summed E-state index contributed by atoms with van der Waals surface area (Å²) in [5.74, 6) is 0.797. The van der Waals surface area contributed by atoms with Gasteiger partial charge in [0, 0.05) is 25.3 Å². The lowest BCUT2D eigenvalue weighted by Gasteiger charge is -2.39. The van der Waals surface area contributed by atoms with Crippen LogP contribution in [-0.4, -0.2) is 54.5 Å². The highest BCUT2D eigenvalue weighted by Gasteiger charge is 2.47. The zero-order chi connectivity index (χ0) is 20.3. The van der Waals surface area contributed by atoms with Crippen molar-refractivity contribution >= 4 is 17.6 Å². The Kier molecular flexibility index (Phi) is 5.58. The molecule has 2 aliphatic rings. The van der Waals surface area contributed by atoms with Crippen molar-refractivity contribution in [2.75, 3.05) is 32.0 Å². The Morgan fingerprint density at radius 1 is 1.14 bits per heavy atom. The van der Waals surface area contributed by atoms with Crippen molar-refractivity contribution in [1.82, 2.24) is 15.1 Å². The monoisotopic (exact) mass is 396 g/mol. The van der Waals surface area contributed by atoms with Crippen molar-refractivity contribution < 1.29 is 14.0 Å². The van der Waals surface area contributed by atoms with E-state index in [1.807, 2.05) is 54.4 Å². The number of amides is 3. The number of piperidine rings is 1. The van der Waals surface area contributed by atoms with Gasteiger partial charge in [0.1, 0.15) is 5.76 Å². The van der Waals surface area contributed by atoms with Crippen LogP contribution in [0.5, 0.6) is 0 Å². The maximum absolute atomic E-state index is 12.8. The number of nitrogens with one attached hydrogen (secondary N) is 2. The molecule has 2 saturated heterocycles. The fraction of sp³-hybridized carbons (Fsp3) is 0.455. The molecule has 0 radical (unpaired) electrons. The van der Waals surface area contributed by atoms with E-state index in [1.165, 1.54) is 0 Å². The predicted molar refractivity (Wildman–Crippen MR) is 110 cm³/mol. The van der Waals surface area contributed by atoms with E-state index in [0.29, 0.717) is 19.6 Å². The normalized spacial score (nSPS) is 21.3. The molecule has 3 amide bonds. The number of carbonyl (C=O) groups is 2. The molecule has 0 saturated carbocycles. The molecule has 1 atom stereocenters. The summed E-state index contributed by atoms with van der Waals surface area (Å²) in [4.78, 5) is 29.2. The van der Waals surface area contributed by atoms with Crippen molar-refractivity contribution in [2.24, 2.45) is 5.41 Å². The first-order valence-electron chi connectivity index (χ1n) is 10.2. The third kappa shape index (κ3) is 4.45. The van der Waals surface area contributed by atoms with Crippen LogP contribution in [0.2, 0.25) is 0 Å². The average molecular weight is 396 g/mol. The van der Waals surface area contributed by atoms with Gasteiger partial charge in [-0.15, -0.1) is 0 Å². The van der Waals surface area contributed by atoms with Gasteiger partial charge in [-0.2, -0.15) is 0 Å². The van der Waals surface area contributed by atoms with Gasteiger partial charge in [-0.25, -0.2) is 4.79 Å². The van der Waals surface area contributed by atoms with Crippen LogP contribution in [0, 0.1) is 5.41 Å². The first-order valence-corrected chi connectivity index (χ1v) is 10.2. The predicted octanol–water partition coefficient (Wildman–Crippen LogP) is 2.91. The Morgan fingerprint density at radius 3 is 2.59 bits per heavy atom. The minimum Gasteiger partial charge on any atom is -0.467 e. The summed E-state index contributed by atoms with van der Waals surface area (Å²) in [6.45, 7) is 2.72. The molecule has 1 spiro atoms. The van der Waals surface area contributed by atoms with E-state index < -0.39 is 0 Å². The standard InChI is InChI=1S/C22H28N4O3/c1-25-16-22(14-19(25)20(27)24-17-6-3-2-4-7-17)9-11-26(12-10-22)21(28)23-15-18-8-5-13-29-18/h2-8,13,19H,9-12,14-16H2,1H3,(H,23,28)(H,24,27). The van der Waals surface area contributed by atoms with Crippen molar-refractivity contribution in [3.8, 4) is 0 Å². The minimum absolute atomic E-state index is 0.0502. The second-order valence-corrected chi connectivity index (χ2v) is 8.22. The summed E-state index contributed by atoms with van der Waals surface area (Å²) in [5, 5.41) is 5.94. The van der Waals surface area contributed by atoms with Crippen LogP contribution >= 0.6 is 0 Å². The second-order valence-electron chi connectivity index (χ2n) is 8.22. The third-order valence-corrected chi connectivity index (χ3v) is 6.19. The average Bonchev–Trinajstić information content (AvgIpc) is 3.35. The largest absolute Gasteiger partial charge is 0.467 e. The zero-order valence-corrected chi connectivity index (χ0v) is 16.8. The molecule has 1 aromatic heterocycles. The fourth-order valence-electron chi connectivity index (χ4n) is 4.54. The molecular formula is C22H28N4O3. The Balaban J connectivity index is 1.29. The molecule has 2 aromatic rings. The topological polar surface area (TPSA) is 77.8 Å². The first kappa shape index (κ1) is 19.5. The Morgan fingerprint density at radius 2 is 1.90 bits per heavy atom. The molecule has 3 heterocycles. The Hall–Kier alpha value is -2.80. The number of rotatable bonds is 4. The van der Waals surface area contributed by atoms with Crippen LogP contribution in [0.3, 0.4) is 0 Å². The number of urea groups is 1. The number of benzene rings is 1. The number of likely N-dealkylation sites (tertiary alicyclic amines) is 2. The highest BCUT2D eigenvalue weighted by molar-refractivity contribution is 5.95. The molecule has 1 aromatic carbocycles. The number of hydrogen-bond acceptors (Lipinski definition) is 4. The molecule has 2 aliphatic heterocycles. The van der Waals surface area contributed by atoms with E-state index in [2.05, 4.69) is 15.5 Å². The van der Waals surface area contributed by atoms with E-state index in [1.54, 1.807) is 6.26 Å². The maximum Gasteiger partial charge on any atom is 0.317 e. The number of likely N-dealkylation sites (N-methyl/N-ethyl adjacent to an activating group) is 1. The van der Waals surface area contributed by atoms with Crippen molar-refractivity contribution in [3.05, 3.63) is 54.5 Å². The van der Waals surface area contributed by atoms with E-state index in [0.717, 1.165) is 37.3 Å². The summed E-state index contributed by atoms with van der Waals surface area (Å²) < 4.78 is 5.26. The quantitative estimate of drug-likeness (QED) is 0.833. The van der Waals surface area contributed by atoms with Crippen molar-refractivity contribution in [3.63, 3.8) is 0 Å². The molecule has 2 N–H and O–H groups in total. The number of furan rings is 1. The number of nitrogens with zero attached hydrogens (tertiary/aromatic N) is 2. The molecule has 154 valence electrons. The molecule has 1 unspecified atom stereocenters. The van der Waals surface area contributed by atoms with Crippen molar-refractivity contribution in [1.29, 1.82) is 0 Å². The molecule has 2 fully saturated rings. The van der Waals surface area contributed by atoms with Crippen molar-refractivity contribution in [2.45, 2.75) is 31.8 Å². The first-order chi connectivity index (χ1) is 14.0. The molecule has 0 aliphatic carbocycles. The van der Waals surface area contributed by atoms with E-state index >= 15 is 0 Å². The fourth-order valence-corrected chi connectivity index (χ4v) is 4.54. The summed E-state index contributed by atoms with van der Waals surface area (Å²) in [7, 11) is 2.02. The summed E-state index contributed by atoms with van der Waals surface area (Å²) in [6, 6.07) is 13.1. The summed E-state index contributed by atoms with van der Waals surface area (Å²) in [6.07, 6.45) is 4.28. The van der Waals surface area contributed by atoms with Crippen LogP contribution in [0.15, 0.2) is 53.1 Å². The number of carbonyl (C=O) groups excluding carboxylic acids is 2. The summed E-state index contributed by atoms with van der Waals surface area (Å²) >= 11 is 0. The number of hydrogen-bond donors (Lipinski definition) is 2. The molecule has 7 nitrogen and oxygen atoms in total. The molecule has 29 heavy (non-hydrogen) atoms. The van der Waals surface area contributed by atoms with E-state index in [-0.39, 0.29) is 23.4 Å². The number of anilines is 1. The van der Waals surface area contributed by atoms with Gasteiger partial charge in [-0.3, -0.25) is 9.69 Å². The SMILES string of the molecule is CN1CC2(CCN(C(=O)NCc3ccco3)CC2)CC1C(=O)Nc1ccccc1. The van der Waals surface area contributed by atoms with Crippen LogP contribution in [0.1, 0.15) is 25.0 Å². The van der Waals surface area contributed by atoms with Gasteiger partial charge in [-0.05, 0) is 56.0 Å². The van der Waals surface area contributed by atoms with E-state index in [9.17, 15) is 9.59 Å². The Bertz CT molecular complexity index is 829. The smallest absolute Gasteiger partial charge is 0.317 e. The van der Waals surface area contributed by atoms with Gasteiger partial charge in [0.05, 0.1) is 18.8 Å². The lowest BCUT2D eigenvalue weighted by molar-refractivity contribution is -0.120. The third-order valence-electron chi connectivity index (χ3n) is 6.19. The highest BCUT2D eigenvalue weighted by atomic mass is 16.3. The van der Waals surface area contributed by atoms with Gasteiger partial charge in [0.2, 0.25) is 5.91 Å². The lowest BCUT2D eigenvalue weighted by Crippen LogP contribution is -2.47. The van der Waals surface area contributed by atoms with Gasteiger partial charge in [0.25, 0.3) is 0 Å². The second kappa shape index (κ2) is 8.29. The maximum atomic E-state index is 12.8.